The lowest BCUT2D eigenvalue weighted by Crippen LogP contribution is -2.31. The Morgan fingerprint density at radius 2 is 1.74 bits per heavy atom. The van der Waals surface area contributed by atoms with Gasteiger partial charge in [-0.05, 0) is 61.8 Å². The van der Waals surface area contributed by atoms with Crippen molar-refractivity contribution in [3.05, 3.63) is 96.6 Å². The molecule has 0 saturated heterocycles. The molecule has 50 heavy (non-hydrogen) atoms. The third kappa shape index (κ3) is 13.5. The van der Waals surface area contributed by atoms with Gasteiger partial charge in [0.25, 0.3) is 0 Å². The number of nitrogens with zero attached hydrogens (tertiary/aromatic N) is 3. The molecule has 0 fully saturated rings. The van der Waals surface area contributed by atoms with E-state index in [4.69, 9.17) is 4.98 Å². The van der Waals surface area contributed by atoms with Gasteiger partial charge in [-0.2, -0.15) is 0 Å². The third-order valence-electron chi connectivity index (χ3n) is 8.46. The second-order valence-electron chi connectivity index (χ2n) is 14.2. The van der Waals surface area contributed by atoms with Crippen LogP contribution >= 0.6 is 0 Å². The summed E-state index contributed by atoms with van der Waals surface area (Å²) in [5, 5.41) is 9.83. The van der Waals surface area contributed by atoms with E-state index >= 15 is 0 Å². The van der Waals surface area contributed by atoms with E-state index in [0.717, 1.165) is 77.4 Å². The zero-order chi connectivity index (χ0) is 37.3. The summed E-state index contributed by atoms with van der Waals surface area (Å²) in [6.45, 7) is 25.7. The van der Waals surface area contributed by atoms with Crippen molar-refractivity contribution in [1.29, 1.82) is 0 Å². The Bertz CT molecular complexity index is 1500. The highest BCUT2D eigenvalue weighted by Crippen LogP contribution is 2.32. The third-order valence-corrected chi connectivity index (χ3v) is 8.46. The summed E-state index contributed by atoms with van der Waals surface area (Å²) in [4.78, 5) is 17.5. The number of aryl methyl sites for hydroxylation is 1. The normalized spacial score (nSPS) is 14.5. The van der Waals surface area contributed by atoms with E-state index in [9.17, 15) is 9.18 Å². The highest BCUT2D eigenvalue weighted by Gasteiger charge is 2.25. The highest BCUT2D eigenvalue weighted by molar-refractivity contribution is 5.68. The number of carbonyl (C=O) groups is 1. The van der Waals surface area contributed by atoms with Crippen LogP contribution in [0, 0.1) is 12.3 Å². The molecule has 0 spiro atoms. The lowest BCUT2D eigenvalue weighted by atomic mass is 9.94. The number of fused-ring (bicyclic) bond motifs is 1. The molecular weight excluding hydrogens is 624 g/mol. The van der Waals surface area contributed by atoms with E-state index in [1.807, 2.05) is 49.9 Å². The quantitative estimate of drug-likeness (QED) is 0.0843. The number of benzene rings is 2. The maximum atomic E-state index is 13.4. The molecule has 274 valence electrons. The number of rotatable bonds is 15. The van der Waals surface area contributed by atoms with Crippen LogP contribution in [0.4, 0.5) is 10.1 Å². The summed E-state index contributed by atoms with van der Waals surface area (Å²) in [6.07, 6.45) is 13.2. The minimum atomic E-state index is -0.861. The molecule has 3 aromatic rings. The van der Waals surface area contributed by atoms with Gasteiger partial charge in [0.15, 0.2) is 12.0 Å². The predicted octanol–water partition coefficient (Wildman–Crippen LogP) is 10.1. The van der Waals surface area contributed by atoms with Crippen molar-refractivity contribution in [2.45, 2.75) is 112 Å². The fourth-order valence-electron chi connectivity index (χ4n) is 5.12. The molecule has 3 unspecified atom stereocenters. The van der Waals surface area contributed by atoms with Gasteiger partial charge < -0.3 is 20.9 Å². The molecular formula is C42H63FN6O. The van der Waals surface area contributed by atoms with Gasteiger partial charge in [-0.15, -0.1) is 6.58 Å². The molecule has 0 bridgehead atoms. The van der Waals surface area contributed by atoms with Crippen molar-refractivity contribution >= 4 is 24.0 Å². The smallest absolute Gasteiger partial charge is 0.207 e. The van der Waals surface area contributed by atoms with Crippen LogP contribution in [0.5, 0.6) is 0 Å². The average Bonchev–Trinajstić information content (AvgIpc) is 3.50. The first kappa shape index (κ1) is 41.8. The molecule has 2 aromatic carbocycles. The first-order chi connectivity index (χ1) is 23.8. The number of hydrogen-bond donors (Lipinski definition) is 3. The highest BCUT2D eigenvalue weighted by atomic mass is 19.1. The molecule has 8 heteroatoms. The molecule has 3 atom stereocenters. The van der Waals surface area contributed by atoms with E-state index in [1.54, 1.807) is 13.0 Å². The van der Waals surface area contributed by atoms with E-state index in [2.05, 4.69) is 105 Å². The van der Waals surface area contributed by atoms with Crippen molar-refractivity contribution in [3.8, 4) is 11.3 Å². The molecule has 1 aromatic heterocycles. The van der Waals surface area contributed by atoms with Crippen LogP contribution in [-0.4, -0.2) is 46.7 Å². The maximum absolute atomic E-state index is 13.4. The fraction of sp³-hybridized carbons (Fsp3) is 0.476. The van der Waals surface area contributed by atoms with E-state index < -0.39 is 6.17 Å². The molecule has 1 amide bonds. The number of hydrogen-bond acceptors (Lipinski definition) is 5. The number of imidazole rings is 1. The van der Waals surface area contributed by atoms with Crippen LogP contribution in [0.3, 0.4) is 0 Å². The zero-order valence-electron chi connectivity index (χ0n) is 32.2. The Labute approximate surface area is 302 Å². The van der Waals surface area contributed by atoms with Crippen LogP contribution in [0.15, 0.2) is 74.1 Å². The molecule has 4 rings (SSSR count). The van der Waals surface area contributed by atoms with Crippen molar-refractivity contribution in [2.24, 2.45) is 5.41 Å². The van der Waals surface area contributed by atoms with Gasteiger partial charge in [-0.3, -0.25) is 9.36 Å². The summed E-state index contributed by atoms with van der Waals surface area (Å²) in [6, 6.07) is 14.3. The first-order valence-electron chi connectivity index (χ1n) is 18.1. The van der Waals surface area contributed by atoms with Crippen molar-refractivity contribution in [2.75, 3.05) is 18.9 Å². The maximum Gasteiger partial charge on any atom is 0.207 e. The van der Waals surface area contributed by atoms with Gasteiger partial charge in [0.2, 0.25) is 6.41 Å². The van der Waals surface area contributed by atoms with Gasteiger partial charge in [-0.25, -0.2) is 9.37 Å². The van der Waals surface area contributed by atoms with Gasteiger partial charge in [0, 0.05) is 61.0 Å². The van der Waals surface area contributed by atoms with Crippen LogP contribution in [0.25, 0.3) is 23.2 Å². The summed E-state index contributed by atoms with van der Waals surface area (Å²) < 4.78 is 15.5. The predicted molar refractivity (Wildman–Crippen MR) is 212 cm³/mol. The molecule has 0 saturated carbocycles. The number of carbonyl (C=O) groups excluding carboxylic acids is 1. The number of nitrogens with one attached hydrogen (secondary N) is 3. The summed E-state index contributed by atoms with van der Waals surface area (Å²) in [7, 11) is 2.03. The average molecular weight is 687 g/mol. The zero-order valence-corrected chi connectivity index (χ0v) is 32.2. The number of halogens is 1. The number of unbranched alkanes of at least 4 members (excludes halogenated alkanes) is 1. The minimum Gasteiger partial charge on any atom is -0.385 e. The molecule has 7 nitrogen and oxygen atoms in total. The molecule has 0 radical (unpaired) electrons. The molecule has 0 aliphatic carbocycles. The van der Waals surface area contributed by atoms with Gasteiger partial charge in [0.05, 0.1) is 11.9 Å². The number of amides is 1. The Morgan fingerprint density at radius 1 is 1.08 bits per heavy atom. The van der Waals surface area contributed by atoms with Crippen molar-refractivity contribution < 1.29 is 9.18 Å². The van der Waals surface area contributed by atoms with E-state index in [1.165, 1.54) is 12.8 Å². The second kappa shape index (κ2) is 21.0. The Balaban J connectivity index is 0.000000858. The van der Waals surface area contributed by atoms with Crippen LogP contribution in [-0.2, 0) is 11.2 Å². The number of anilines is 1. The molecule has 1 aliphatic heterocycles. The lowest BCUT2D eigenvalue weighted by Gasteiger charge is -2.32. The number of aromatic nitrogens is 2. The molecule has 3 N–H and O–H groups in total. The topological polar surface area (TPSA) is 74.2 Å². The Hall–Kier alpha value is -4.33. The van der Waals surface area contributed by atoms with E-state index in [0.29, 0.717) is 11.8 Å². The van der Waals surface area contributed by atoms with Crippen molar-refractivity contribution in [3.63, 3.8) is 0 Å². The molecule has 2 heterocycles. The Morgan fingerprint density at radius 3 is 2.30 bits per heavy atom. The standard InChI is InChI=1S/C33H41FN6O.C6H14.C3H8/c1-6-28(37-22-41)9-7-8-16-35-25(4)30-15-14-29(19-23(30)2)38-33-32-36-21-31(40(32)18-17-39(33)5)27-12-10-26(11-13-27)20-24(3)34;1-5-6(2,3)4;1-3-2/h6,10-15,17-19,21-22,24,28,33,35,38H,1,4,7-9,16,20H2,2-3,5H3,(H,37,41);5H2,1-4H3;3H2,1-2H3. The summed E-state index contributed by atoms with van der Waals surface area (Å²) >= 11 is 0. The molecule has 1 aliphatic rings. The Kier molecular flexibility index (Phi) is 17.6. The van der Waals surface area contributed by atoms with Gasteiger partial charge >= 0.3 is 0 Å². The number of alkyl halides is 1. The van der Waals surface area contributed by atoms with E-state index in [-0.39, 0.29) is 12.2 Å². The monoisotopic (exact) mass is 687 g/mol. The summed E-state index contributed by atoms with van der Waals surface area (Å²) in [5.41, 5.74) is 7.64. The van der Waals surface area contributed by atoms with Crippen LogP contribution in [0.2, 0.25) is 0 Å². The second-order valence-corrected chi connectivity index (χ2v) is 14.2. The summed E-state index contributed by atoms with van der Waals surface area (Å²) in [5.74, 6) is 0.890. The minimum absolute atomic E-state index is 0.0187. The largest absolute Gasteiger partial charge is 0.385 e. The van der Waals surface area contributed by atoms with Crippen LogP contribution in [0.1, 0.15) is 109 Å². The van der Waals surface area contributed by atoms with Crippen molar-refractivity contribution in [1.82, 2.24) is 25.1 Å². The SMILES string of the molecule is C=CC(CCCCNC(=C)c1ccc(NC2c3ncc(-c4ccc(CC(C)F)cc4)n3C=CN2C)cc1C)NC=O.CCC.CCC(C)(C)C. The fourth-order valence-corrected chi connectivity index (χ4v) is 5.12. The van der Waals surface area contributed by atoms with Gasteiger partial charge in [-0.1, -0.05) is 97.4 Å². The lowest BCUT2D eigenvalue weighted by molar-refractivity contribution is -0.109. The first-order valence-corrected chi connectivity index (χ1v) is 18.1. The van der Waals surface area contributed by atoms with Crippen LogP contribution < -0.4 is 16.0 Å². The van der Waals surface area contributed by atoms with Gasteiger partial charge in [0.1, 0.15) is 6.17 Å².